The van der Waals surface area contributed by atoms with Crippen LogP contribution in [0.3, 0.4) is 0 Å². The van der Waals surface area contributed by atoms with E-state index >= 15 is 0 Å². The van der Waals surface area contributed by atoms with Crippen molar-refractivity contribution in [2.75, 3.05) is 26.3 Å². The van der Waals surface area contributed by atoms with Gasteiger partial charge in [0, 0.05) is 30.9 Å². The first-order valence-corrected chi connectivity index (χ1v) is 9.38. The zero-order chi connectivity index (χ0) is 19.4. The number of morpholine rings is 1. The van der Waals surface area contributed by atoms with Crippen LogP contribution in [-0.2, 0) is 29.2 Å². The lowest BCUT2D eigenvalue weighted by atomic mass is 10.1. The normalized spacial score (nSPS) is 16.4. The fraction of sp³-hybridized carbons (Fsp3) is 0.706. The highest BCUT2D eigenvalue weighted by molar-refractivity contribution is 5.76. The van der Waals surface area contributed by atoms with Crippen LogP contribution in [0.15, 0.2) is 0 Å². The molecule has 0 radical (unpaired) electrons. The third-order valence-electron chi connectivity index (χ3n) is 4.92. The number of amides is 1. The second-order valence-corrected chi connectivity index (χ2v) is 6.83. The molecule has 2 aromatic rings. The fourth-order valence-corrected chi connectivity index (χ4v) is 3.56. The van der Waals surface area contributed by atoms with Crippen LogP contribution in [-0.4, -0.2) is 67.1 Å². The van der Waals surface area contributed by atoms with Crippen LogP contribution in [0, 0.1) is 13.8 Å². The maximum atomic E-state index is 12.5. The van der Waals surface area contributed by atoms with Crippen molar-refractivity contribution in [2.45, 2.75) is 53.4 Å². The molecule has 0 unspecified atom stereocenters. The minimum absolute atomic E-state index is 0.0943. The van der Waals surface area contributed by atoms with Gasteiger partial charge in [-0.15, -0.1) is 5.10 Å². The Morgan fingerprint density at radius 1 is 1.26 bits per heavy atom. The van der Waals surface area contributed by atoms with Crippen LogP contribution in [0.25, 0.3) is 0 Å². The van der Waals surface area contributed by atoms with Gasteiger partial charge in [0.1, 0.15) is 6.54 Å². The molecule has 1 amide bonds. The minimum atomic E-state index is -0.128. The molecular weight excluding hydrogens is 348 g/mol. The zero-order valence-electron chi connectivity index (χ0n) is 16.5. The SMILES string of the molecule is CCn1nc(C)c([C@@H](C)NC(=O)Cn2nnnc2CN2CCOCC2)c1C. The second-order valence-electron chi connectivity index (χ2n) is 6.83. The summed E-state index contributed by atoms with van der Waals surface area (Å²) in [5.41, 5.74) is 3.09. The monoisotopic (exact) mass is 376 g/mol. The number of hydrogen-bond donors (Lipinski definition) is 1. The smallest absolute Gasteiger partial charge is 0.242 e. The van der Waals surface area contributed by atoms with Crippen molar-refractivity contribution in [1.82, 2.24) is 40.2 Å². The van der Waals surface area contributed by atoms with E-state index in [1.165, 1.54) is 0 Å². The number of carbonyl (C=O) groups excluding carboxylic acids is 1. The largest absolute Gasteiger partial charge is 0.379 e. The number of nitrogens with one attached hydrogen (secondary N) is 1. The van der Waals surface area contributed by atoms with Gasteiger partial charge in [-0.3, -0.25) is 14.4 Å². The summed E-state index contributed by atoms with van der Waals surface area (Å²) in [7, 11) is 0. The van der Waals surface area contributed by atoms with Gasteiger partial charge in [-0.1, -0.05) is 0 Å². The standard InChI is InChI=1S/C17H28N8O2/c1-5-24-14(4)17(13(3)20-24)12(2)18-16(26)11-25-15(19-21-22-25)10-23-6-8-27-9-7-23/h12H,5-11H2,1-4H3,(H,18,26)/t12-/m1/s1. The molecule has 0 aromatic carbocycles. The second kappa shape index (κ2) is 8.57. The van der Waals surface area contributed by atoms with Crippen molar-refractivity contribution in [3.05, 3.63) is 22.8 Å². The Bertz CT molecular complexity index is 778. The summed E-state index contributed by atoms with van der Waals surface area (Å²) in [4.78, 5) is 14.8. The lowest BCUT2D eigenvalue weighted by Gasteiger charge is -2.25. The van der Waals surface area contributed by atoms with Gasteiger partial charge in [0.2, 0.25) is 5.91 Å². The predicted octanol–water partition coefficient (Wildman–Crippen LogP) is 0.216. The number of aryl methyl sites for hydroxylation is 2. The summed E-state index contributed by atoms with van der Waals surface area (Å²) in [6.07, 6.45) is 0. The summed E-state index contributed by atoms with van der Waals surface area (Å²) in [6.45, 7) is 12.7. The Kier molecular flexibility index (Phi) is 6.17. The highest BCUT2D eigenvalue weighted by Crippen LogP contribution is 2.21. The Labute approximate surface area is 158 Å². The average Bonchev–Trinajstić information content (AvgIpc) is 3.19. The molecule has 1 N–H and O–H groups in total. The van der Waals surface area contributed by atoms with Gasteiger partial charge in [0.05, 0.1) is 31.5 Å². The van der Waals surface area contributed by atoms with Gasteiger partial charge < -0.3 is 10.1 Å². The Morgan fingerprint density at radius 2 is 2.00 bits per heavy atom. The van der Waals surface area contributed by atoms with E-state index in [1.54, 1.807) is 4.68 Å². The summed E-state index contributed by atoms with van der Waals surface area (Å²) >= 11 is 0. The van der Waals surface area contributed by atoms with Crippen molar-refractivity contribution in [3.63, 3.8) is 0 Å². The number of rotatable bonds is 7. The maximum absolute atomic E-state index is 12.5. The molecular formula is C17H28N8O2. The van der Waals surface area contributed by atoms with Crippen LogP contribution in [0.5, 0.6) is 0 Å². The lowest BCUT2D eigenvalue weighted by Crippen LogP contribution is -2.37. The molecule has 1 aliphatic heterocycles. The van der Waals surface area contributed by atoms with Gasteiger partial charge >= 0.3 is 0 Å². The van der Waals surface area contributed by atoms with Gasteiger partial charge in [-0.05, 0) is 38.1 Å². The molecule has 10 nitrogen and oxygen atoms in total. The first-order chi connectivity index (χ1) is 13.0. The molecule has 1 aliphatic rings. The van der Waals surface area contributed by atoms with Crippen molar-refractivity contribution in [1.29, 1.82) is 0 Å². The van der Waals surface area contributed by atoms with E-state index in [0.29, 0.717) is 25.6 Å². The van der Waals surface area contributed by atoms with E-state index in [-0.39, 0.29) is 18.5 Å². The van der Waals surface area contributed by atoms with Gasteiger partial charge in [-0.2, -0.15) is 5.10 Å². The Morgan fingerprint density at radius 3 is 2.67 bits per heavy atom. The number of ether oxygens (including phenoxy) is 1. The quantitative estimate of drug-likeness (QED) is 0.737. The molecule has 148 valence electrons. The summed E-state index contributed by atoms with van der Waals surface area (Å²) in [5.74, 6) is 0.562. The third-order valence-corrected chi connectivity index (χ3v) is 4.92. The van der Waals surface area contributed by atoms with Crippen LogP contribution >= 0.6 is 0 Å². The fourth-order valence-electron chi connectivity index (χ4n) is 3.56. The molecule has 27 heavy (non-hydrogen) atoms. The molecule has 0 saturated carbocycles. The predicted molar refractivity (Wildman–Crippen MR) is 97.8 cm³/mol. The first kappa shape index (κ1) is 19.4. The third kappa shape index (κ3) is 4.51. The van der Waals surface area contributed by atoms with E-state index in [2.05, 4.69) is 37.8 Å². The lowest BCUT2D eigenvalue weighted by molar-refractivity contribution is -0.122. The van der Waals surface area contributed by atoms with Gasteiger partial charge in [0.25, 0.3) is 0 Å². The molecule has 1 saturated heterocycles. The number of tetrazole rings is 1. The van der Waals surface area contributed by atoms with E-state index in [4.69, 9.17) is 4.74 Å². The van der Waals surface area contributed by atoms with E-state index in [9.17, 15) is 4.79 Å². The molecule has 0 bridgehead atoms. The summed E-state index contributed by atoms with van der Waals surface area (Å²) in [5, 5.41) is 19.3. The van der Waals surface area contributed by atoms with Crippen LogP contribution in [0.2, 0.25) is 0 Å². The average molecular weight is 376 g/mol. The molecule has 10 heteroatoms. The maximum Gasteiger partial charge on any atom is 0.242 e. The molecule has 2 aromatic heterocycles. The zero-order valence-corrected chi connectivity index (χ0v) is 16.5. The minimum Gasteiger partial charge on any atom is -0.379 e. The van der Waals surface area contributed by atoms with Gasteiger partial charge in [-0.25, -0.2) is 4.68 Å². The highest BCUT2D eigenvalue weighted by Gasteiger charge is 2.20. The first-order valence-electron chi connectivity index (χ1n) is 9.38. The van der Waals surface area contributed by atoms with Crippen molar-refractivity contribution in [2.24, 2.45) is 0 Å². The van der Waals surface area contributed by atoms with Crippen LogP contribution in [0.4, 0.5) is 0 Å². The van der Waals surface area contributed by atoms with Crippen LogP contribution < -0.4 is 5.32 Å². The Balaban J connectivity index is 1.61. The van der Waals surface area contributed by atoms with Crippen molar-refractivity contribution >= 4 is 5.91 Å². The van der Waals surface area contributed by atoms with E-state index < -0.39 is 0 Å². The van der Waals surface area contributed by atoms with E-state index in [1.807, 2.05) is 25.5 Å². The Hall–Kier alpha value is -2.33. The number of aromatic nitrogens is 6. The van der Waals surface area contributed by atoms with Crippen LogP contribution in [0.1, 0.15) is 42.7 Å². The summed E-state index contributed by atoms with van der Waals surface area (Å²) in [6, 6.07) is -0.128. The number of hydrogen-bond acceptors (Lipinski definition) is 7. The van der Waals surface area contributed by atoms with Crippen molar-refractivity contribution in [3.8, 4) is 0 Å². The molecule has 0 spiro atoms. The molecule has 1 atom stereocenters. The van der Waals surface area contributed by atoms with Crippen molar-refractivity contribution < 1.29 is 9.53 Å². The topological polar surface area (TPSA) is 103 Å². The highest BCUT2D eigenvalue weighted by atomic mass is 16.5. The molecule has 1 fully saturated rings. The molecule has 3 rings (SSSR count). The molecule has 3 heterocycles. The van der Waals surface area contributed by atoms with Gasteiger partial charge in [0.15, 0.2) is 5.82 Å². The van der Waals surface area contributed by atoms with E-state index in [0.717, 1.165) is 36.6 Å². The molecule has 0 aliphatic carbocycles. The summed E-state index contributed by atoms with van der Waals surface area (Å²) < 4.78 is 8.87. The number of nitrogens with zero attached hydrogens (tertiary/aromatic N) is 7. The number of carbonyl (C=O) groups is 1.